The lowest BCUT2D eigenvalue weighted by molar-refractivity contribution is -0.127. The number of Topliss-reactive ketones (excluding diaryl/α,β-unsaturated/α-hetero) is 1. The molecule has 2 heteroatoms. The topological polar surface area (TPSA) is 26.3 Å². The molecule has 0 unspecified atom stereocenters. The van der Waals surface area contributed by atoms with Crippen LogP contribution in [0.1, 0.15) is 26.7 Å². The Morgan fingerprint density at radius 3 is 2.25 bits per heavy atom. The van der Waals surface area contributed by atoms with E-state index in [9.17, 15) is 4.79 Å². The van der Waals surface area contributed by atoms with Crippen LogP contribution in [0.2, 0.25) is 0 Å². The second-order valence-electron chi connectivity index (χ2n) is 3.73. The highest BCUT2D eigenvalue weighted by molar-refractivity contribution is 5.91. The van der Waals surface area contributed by atoms with Crippen LogP contribution >= 0.6 is 0 Å². The standard InChI is InChI=1S/C10H16O2/c1-7(2)9(11)10(5-6-10)8(3)12-4/h7H,3,5-6H2,1-2,4H3. The van der Waals surface area contributed by atoms with Crippen LogP contribution in [0, 0.1) is 11.3 Å². The third-order valence-electron chi connectivity index (χ3n) is 2.53. The zero-order valence-electron chi connectivity index (χ0n) is 8.02. The van der Waals surface area contributed by atoms with E-state index in [1.807, 2.05) is 13.8 Å². The first-order chi connectivity index (χ1) is 5.54. The fraction of sp³-hybridized carbons (Fsp3) is 0.700. The van der Waals surface area contributed by atoms with Crippen molar-refractivity contribution in [2.75, 3.05) is 7.11 Å². The predicted octanol–water partition coefficient (Wildman–Crippen LogP) is 2.15. The number of carbonyl (C=O) groups excluding carboxylic acids is 1. The van der Waals surface area contributed by atoms with Crippen molar-refractivity contribution in [3.05, 3.63) is 12.3 Å². The Morgan fingerprint density at radius 2 is 2.00 bits per heavy atom. The first kappa shape index (κ1) is 9.30. The molecule has 1 saturated carbocycles. The minimum atomic E-state index is -0.317. The van der Waals surface area contributed by atoms with Crippen molar-refractivity contribution >= 4 is 5.78 Å². The summed E-state index contributed by atoms with van der Waals surface area (Å²) in [6.45, 7) is 7.61. The first-order valence-corrected chi connectivity index (χ1v) is 4.32. The molecule has 0 N–H and O–H groups in total. The van der Waals surface area contributed by atoms with E-state index in [0.29, 0.717) is 5.76 Å². The van der Waals surface area contributed by atoms with Gasteiger partial charge in [-0.2, -0.15) is 0 Å². The van der Waals surface area contributed by atoms with Crippen LogP contribution in [0.3, 0.4) is 0 Å². The number of allylic oxidation sites excluding steroid dienone is 1. The van der Waals surface area contributed by atoms with Gasteiger partial charge in [0.15, 0.2) is 0 Å². The molecule has 0 aromatic rings. The molecule has 0 spiro atoms. The summed E-state index contributed by atoms with van der Waals surface area (Å²) in [6.07, 6.45) is 1.83. The summed E-state index contributed by atoms with van der Waals surface area (Å²) < 4.78 is 5.03. The van der Waals surface area contributed by atoms with Crippen LogP contribution in [-0.4, -0.2) is 12.9 Å². The van der Waals surface area contributed by atoms with Gasteiger partial charge in [-0.25, -0.2) is 0 Å². The molecule has 0 aromatic carbocycles. The Kier molecular flexibility index (Phi) is 2.27. The molecular formula is C10H16O2. The Hall–Kier alpha value is -0.790. The monoisotopic (exact) mass is 168 g/mol. The number of methoxy groups -OCH3 is 1. The van der Waals surface area contributed by atoms with Crippen molar-refractivity contribution < 1.29 is 9.53 Å². The van der Waals surface area contributed by atoms with Gasteiger partial charge in [0.1, 0.15) is 11.5 Å². The summed E-state index contributed by atoms with van der Waals surface area (Å²) in [5, 5.41) is 0. The van der Waals surface area contributed by atoms with Crippen molar-refractivity contribution in [2.24, 2.45) is 11.3 Å². The summed E-state index contributed by atoms with van der Waals surface area (Å²) in [5.41, 5.74) is -0.317. The molecule has 12 heavy (non-hydrogen) atoms. The van der Waals surface area contributed by atoms with Gasteiger partial charge < -0.3 is 4.74 Å². The lowest BCUT2D eigenvalue weighted by Gasteiger charge is -2.17. The molecular weight excluding hydrogens is 152 g/mol. The van der Waals surface area contributed by atoms with E-state index in [1.54, 1.807) is 7.11 Å². The molecule has 0 bridgehead atoms. The average molecular weight is 168 g/mol. The number of rotatable bonds is 4. The maximum absolute atomic E-state index is 11.7. The van der Waals surface area contributed by atoms with E-state index in [0.717, 1.165) is 12.8 Å². The number of ketones is 1. The van der Waals surface area contributed by atoms with Crippen molar-refractivity contribution in [1.29, 1.82) is 0 Å². The summed E-state index contributed by atoms with van der Waals surface area (Å²) in [7, 11) is 1.58. The average Bonchev–Trinajstić information content (AvgIpc) is 2.82. The third kappa shape index (κ3) is 1.26. The molecule has 1 fully saturated rings. The summed E-state index contributed by atoms with van der Waals surface area (Å²) in [6, 6.07) is 0. The van der Waals surface area contributed by atoms with Crippen LogP contribution < -0.4 is 0 Å². The van der Waals surface area contributed by atoms with E-state index >= 15 is 0 Å². The zero-order chi connectivity index (χ0) is 9.35. The number of hydrogen-bond donors (Lipinski definition) is 0. The lowest BCUT2D eigenvalue weighted by atomic mass is 9.91. The van der Waals surface area contributed by atoms with E-state index in [2.05, 4.69) is 6.58 Å². The van der Waals surface area contributed by atoms with Crippen LogP contribution in [-0.2, 0) is 9.53 Å². The second-order valence-corrected chi connectivity index (χ2v) is 3.73. The largest absolute Gasteiger partial charge is 0.501 e. The van der Waals surface area contributed by atoms with E-state index in [1.165, 1.54) is 0 Å². The molecule has 0 aliphatic heterocycles. The molecule has 0 aromatic heterocycles. The highest BCUT2D eigenvalue weighted by Crippen LogP contribution is 2.53. The quantitative estimate of drug-likeness (QED) is 0.601. The van der Waals surface area contributed by atoms with Crippen molar-refractivity contribution in [3.63, 3.8) is 0 Å². The van der Waals surface area contributed by atoms with Gasteiger partial charge >= 0.3 is 0 Å². The van der Waals surface area contributed by atoms with Gasteiger partial charge in [-0.1, -0.05) is 20.4 Å². The molecule has 0 radical (unpaired) electrons. The minimum absolute atomic E-state index is 0.0828. The van der Waals surface area contributed by atoms with Gasteiger partial charge in [0.2, 0.25) is 0 Å². The van der Waals surface area contributed by atoms with Gasteiger partial charge in [-0.05, 0) is 12.8 Å². The highest BCUT2D eigenvalue weighted by atomic mass is 16.5. The maximum atomic E-state index is 11.7. The molecule has 0 saturated heterocycles. The lowest BCUT2D eigenvalue weighted by Crippen LogP contribution is -2.23. The molecule has 1 aliphatic rings. The SMILES string of the molecule is C=C(OC)C1(C(=O)C(C)C)CC1. The second kappa shape index (κ2) is 2.92. The first-order valence-electron chi connectivity index (χ1n) is 4.32. The minimum Gasteiger partial charge on any atom is -0.501 e. The van der Waals surface area contributed by atoms with Crippen molar-refractivity contribution in [3.8, 4) is 0 Å². The van der Waals surface area contributed by atoms with Crippen LogP contribution in [0.15, 0.2) is 12.3 Å². The highest BCUT2D eigenvalue weighted by Gasteiger charge is 2.53. The third-order valence-corrected chi connectivity index (χ3v) is 2.53. The molecule has 1 rings (SSSR count). The van der Waals surface area contributed by atoms with Crippen molar-refractivity contribution in [1.82, 2.24) is 0 Å². The summed E-state index contributed by atoms with van der Waals surface area (Å²) in [4.78, 5) is 11.7. The number of hydrogen-bond acceptors (Lipinski definition) is 2. The van der Waals surface area contributed by atoms with Crippen LogP contribution in [0.4, 0.5) is 0 Å². The van der Waals surface area contributed by atoms with Gasteiger partial charge in [0.25, 0.3) is 0 Å². The molecule has 0 heterocycles. The van der Waals surface area contributed by atoms with Crippen LogP contribution in [0.25, 0.3) is 0 Å². The molecule has 0 atom stereocenters. The van der Waals surface area contributed by atoms with E-state index < -0.39 is 0 Å². The fourth-order valence-corrected chi connectivity index (χ4v) is 1.54. The Labute approximate surface area is 73.6 Å². The molecule has 0 amide bonds. The summed E-state index contributed by atoms with van der Waals surface area (Å²) in [5.74, 6) is 0.995. The fourth-order valence-electron chi connectivity index (χ4n) is 1.54. The smallest absolute Gasteiger partial charge is 0.149 e. The van der Waals surface area contributed by atoms with Gasteiger partial charge in [-0.3, -0.25) is 4.79 Å². The predicted molar refractivity (Wildman–Crippen MR) is 47.7 cm³/mol. The maximum Gasteiger partial charge on any atom is 0.149 e. The normalized spacial score (nSPS) is 19.0. The Balaban J connectivity index is 2.73. The molecule has 1 aliphatic carbocycles. The van der Waals surface area contributed by atoms with E-state index in [4.69, 9.17) is 4.74 Å². The van der Waals surface area contributed by atoms with Crippen molar-refractivity contribution in [2.45, 2.75) is 26.7 Å². The van der Waals surface area contributed by atoms with Crippen LogP contribution in [0.5, 0.6) is 0 Å². The van der Waals surface area contributed by atoms with Gasteiger partial charge in [-0.15, -0.1) is 0 Å². The number of ether oxygens (including phenoxy) is 1. The Bertz CT molecular complexity index is 212. The van der Waals surface area contributed by atoms with Gasteiger partial charge in [0, 0.05) is 5.92 Å². The van der Waals surface area contributed by atoms with E-state index in [-0.39, 0.29) is 17.1 Å². The summed E-state index contributed by atoms with van der Waals surface area (Å²) >= 11 is 0. The van der Waals surface area contributed by atoms with Gasteiger partial charge in [0.05, 0.1) is 12.5 Å². The Morgan fingerprint density at radius 1 is 1.50 bits per heavy atom. The zero-order valence-corrected chi connectivity index (χ0v) is 8.02. The number of carbonyl (C=O) groups is 1. The molecule has 2 nitrogen and oxygen atoms in total. The molecule has 68 valence electrons.